The van der Waals surface area contributed by atoms with Crippen molar-refractivity contribution >= 4 is 22.3 Å². The number of H-pyrrole nitrogens is 1. The third kappa shape index (κ3) is 4.78. The molecule has 1 aliphatic heterocycles. The first-order valence-corrected chi connectivity index (χ1v) is 9.99. The van der Waals surface area contributed by atoms with E-state index >= 15 is 0 Å². The lowest BCUT2D eigenvalue weighted by atomic mass is 10.1. The summed E-state index contributed by atoms with van der Waals surface area (Å²) >= 11 is 0. The number of anilines is 1. The van der Waals surface area contributed by atoms with Gasteiger partial charge >= 0.3 is 0 Å². The summed E-state index contributed by atoms with van der Waals surface area (Å²) in [5, 5.41) is 4.08. The standard InChI is InChI=1S/C23H26N4O2/c24-21(20-15-17-5-1-2-6-22(17)26-23(20)28)16-25-18-7-9-19(10-8-18)29-14-13-27-11-3-4-12-27/h1-2,5-10,15-16,25H,3-4,11-14,24H2,(H,26,28)/b21-16-. The Morgan fingerprint density at radius 2 is 1.90 bits per heavy atom. The van der Waals surface area contributed by atoms with Crippen molar-refractivity contribution < 1.29 is 4.74 Å². The largest absolute Gasteiger partial charge is 0.492 e. The summed E-state index contributed by atoms with van der Waals surface area (Å²) in [7, 11) is 0. The van der Waals surface area contributed by atoms with Gasteiger partial charge in [-0.3, -0.25) is 9.69 Å². The van der Waals surface area contributed by atoms with Gasteiger partial charge < -0.3 is 20.8 Å². The molecular weight excluding hydrogens is 364 g/mol. The third-order valence-electron chi connectivity index (χ3n) is 5.19. The van der Waals surface area contributed by atoms with Gasteiger partial charge in [-0.15, -0.1) is 0 Å². The van der Waals surface area contributed by atoms with Gasteiger partial charge in [0.1, 0.15) is 12.4 Å². The predicted octanol–water partition coefficient (Wildman–Crippen LogP) is 3.37. The van der Waals surface area contributed by atoms with E-state index in [-0.39, 0.29) is 5.56 Å². The van der Waals surface area contributed by atoms with Crippen LogP contribution in [0.4, 0.5) is 5.69 Å². The fourth-order valence-corrected chi connectivity index (χ4v) is 3.55. The summed E-state index contributed by atoms with van der Waals surface area (Å²) in [4.78, 5) is 17.6. The van der Waals surface area contributed by atoms with Crippen molar-refractivity contribution in [3.05, 3.63) is 76.7 Å². The fraction of sp³-hybridized carbons (Fsp3) is 0.261. The first kappa shape index (κ1) is 19.1. The lowest BCUT2D eigenvalue weighted by Gasteiger charge is -2.15. The van der Waals surface area contributed by atoms with E-state index in [4.69, 9.17) is 10.5 Å². The van der Waals surface area contributed by atoms with Gasteiger partial charge in [-0.2, -0.15) is 0 Å². The lowest BCUT2D eigenvalue weighted by molar-refractivity contribution is 0.238. The molecule has 1 aliphatic rings. The van der Waals surface area contributed by atoms with E-state index < -0.39 is 0 Å². The number of likely N-dealkylation sites (tertiary alicyclic amines) is 1. The second kappa shape index (κ2) is 8.84. The molecule has 3 aromatic rings. The first-order chi connectivity index (χ1) is 14.2. The van der Waals surface area contributed by atoms with Crippen molar-refractivity contribution in [3.63, 3.8) is 0 Å². The molecule has 0 amide bonds. The summed E-state index contributed by atoms with van der Waals surface area (Å²) in [6.07, 6.45) is 4.23. The number of nitrogens with zero attached hydrogens (tertiary/aromatic N) is 1. The van der Waals surface area contributed by atoms with Crippen LogP contribution in [0.3, 0.4) is 0 Å². The second-order valence-electron chi connectivity index (χ2n) is 7.26. The van der Waals surface area contributed by atoms with Crippen LogP contribution in [0.2, 0.25) is 0 Å². The number of aromatic amines is 1. The van der Waals surface area contributed by atoms with Crippen molar-refractivity contribution in [3.8, 4) is 5.75 Å². The Morgan fingerprint density at radius 3 is 2.69 bits per heavy atom. The number of hydrogen-bond acceptors (Lipinski definition) is 5. The van der Waals surface area contributed by atoms with Crippen LogP contribution in [-0.2, 0) is 0 Å². The molecule has 1 saturated heterocycles. The number of hydrogen-bond donors (Lipinski definition) is 3. The zero-order chi connectivity index (χ0) is 20.1. The zero-order valence-corrected chi connectivity index (χ0v) is 16.4. The van der Waals surface area contributed by atoms with Gasteiger partial charge in [-0.25, -0.2) is 0 Å². The van der Waals surface area contributed by atoms with Crippen molar-refractivity contribution in [2.24, 2.45) is 5.73 Å². The minimum absolute atomic E-state index is 0.207. The van der Waals surface area contributed by atoms with Gasteiger partial charge in [0.25, 0.3) is 5.56 Å². The molecular formula is C23H26N4O2. The summed E-state index contributed by atoms with van der Waals surface area (Å²) in [6, 6.07) is 17.2. The van der Waals surface area contributed by atoms with Crippen molar-refractivity contribution in [1.82, 2.24) is 9.88 Å². The van der Waals surface area contributed by atoms with Gasteiger partial charge in [-0.05, 0) is 67.7 Å². The van der Waals surface area contributed by atoms with Gasteiger partial charge in [0.2, 0.25) is 0 Å². The van der Waals surface area contributed by atoms with Crippen LogP contribution in [0.5, 0.6) is 5.75 Å². The molecule has 0 unspecified atom stereocenters. The summed E-state index contributed by atoms with van der Waals surface area (Å²) in [5.74, 6) is 0.845. The highest BCUT2D eigenvalue weighted by Crippen LogP contribution is 2.17. The molecule has 0 saturated carbocycles. The highest BCUT2D eigenvalue weighted by molar-refractivity contribution is 5.82. The first-order valence-electron chi connectivity index (χ1n) is 9.99. The van der Waals surface area contributed by atoms with Crippen LogP contribution in [0.25, 0.3) is 16.6 Å². The van der Waals surface area contributed by atoms with E-state index in [2.05, 4.69) is 15.2 Å². The molecule has 29 heavy (non-hydrogen) atoms. The molecule has 0 aliphatic carbocycles. The maximum atomic E-state index is 12.3. The molecule has 4 rings (SSSR count). The van der Waals surface area contributed by atoms with Gasteiger partial charge in [0.15, 0.2) is 0 Å². The highest BCUT2D eigenvalue weighted by atomic mass is 16.5. The molecule has 1 fully saturated rings. The predicted molar refractivity (Wildman–Crippen MR) is 118 cm³/mol. The minimum atomic E-state index is -0.207. The summed E-state index contributed by atoms with van der Waals surface area (Å²) in [5.41, 5.74) is 8.42. The Bertz CT molecular complexity index is 1050. The number of pyridine rings is 1. The SMILES string of the molecule is N/C(=C\Nc1ccc(OCCN2CCCC2)cc1)c1cc2ccccc2[nH]c1=O. The zero-order valence-electron chi connectivity index (χ0n) is 16.4. The molecule has 0 radical (unpaired) electrons. The van der Waals surface area contributed by atoms with Crippen LogP contribution >= 0.6 is 0 Å². The maximum absolute atomic E-state index is 12.3. The maximum Gasteiger partial charge on any atom is 0.257 e. The number of benzene rings is 2. The van der Waals surface area contributed by atoms with E-state index in [0.29, 0.717) is 17.9 Å². The van der Waals surface area contributed by atoms with Crippen molar-refractivity contribution in [2.75, 3.05) is 31.6 Å². The fourth-order valence-electron chi connectivity index (χ4n) is 3.55. The minimum Gasteiger partial charge on any atom is -0.492 e. The van der Waals surface area contributed by atoms with E-state index in [9.17, 15) is 4.79 Å². The van der Waals surface area contributed by atoms with Crippen LogP contribution in [0, 0.1) is 0 Å². The summed E-state index contributed by atoms with van der Waals surface area (Å²) < 4.78 is 5.82. The Labute approximate surface area is 170 Å². The molecule has 1 aromatic heterocycles. The smallest absolute Gasteiger partial charge is 0.257 e. The Hall–Kier alpha value is -3.25. The van der Waals surface area contributed by atoms with Crippen molar-refractivity contribution in [1.29, 1.82) is 0 Å². The van der Waals surface area contributed by atoms with E-state index in [1.54, 1.807) is 12.3 Å². The topological polar surface area (TPSA) is 83.4 Å². The molecule has 150 valence electrons. The third-order valence-corrected chi connectivity index (χ3v) is 5.19. The molecule has 4 N–H and O–H groups in total. The average molecular weight is 390 g/mol. The lowest BCUT2D eigenvalue weighted by Crippen LogP contribution is -2.25. The Morgan fingerprint density at radius 1 is 1.14 bits per heavy atom. The van der Waals surface area contributed by atoms with Gasteiger partial charge in [0, 0.05) is 23.9 Å². The molecule has 0 atom stereocenters. The van der Waals surface area contributed by atoms with E-state index in [1.807, 2.05) is 48.5 Å². The van der Waals surface area contributed by atoms with E-state index in [0.717, 1.165) is 28.9 Å². The van der Waals surface area contributed by atoms with E-state index in [1.165, 1.54) is 25.9 Å². The number of aromatic nitrogens is 1. The molecule has 0 bridgehead atoms. The monoisotopic (exact) mass is 390 g/mol. The van der Waals surface area contributed by atoms with Crippen LogP contribution in [0.15, 0.2) is 65.6 Å². The normalized spacial score (nSPS) is 15.0. The summed E-state index contributed by atoms with van der Waals surface area (Å²) in [6.45, 7) is 4.03. The Balaban J connectivity index is 1.37. The number of para-hydroxylation sites is 1. The van der Waals surface area contributed by atoms with Crippen LogP contribution < -0.4 is 21.3 Å². The molecule has 0 spiro atoms. The number of nitrogens with one attached hydrogen (secondary N) is 2. The van der Waals surface area contributed by atoms with Crippen LogP contribution in [-0.4, -0.2) is 36.1 Å². The molecule has 6 nitrogen and oxygen atoms in total. The average Bonchev–Trinajstić information content (AvgIpc) is 3.26. The molecule has 2 heterocycles. The van der Waals surface area contributed by atoms with Gasteiger partial charge in [0.05, 0.1) is 11.3 Å². The number of rotatable bonds is 7. The number of fused-ring (bicyclic) bond motifs is 1. The Kier molecular flexibility index (Phi) is 5.81. The number of nitrogens with two attached hydrogens (primary N) is 1. The second-order valence-corrected chi connectivity index (χ2v) is 7.26. The highest BCUT2D eigenvalue weighted by Gasteiger charge is 2.10. The van der Waals surface area contributed by atoms with Crippen LogP contribution in [0.1, 0.15) is 18.4 Å². The van der Waals surface area contributed by atoms with Crippen molar-refractivity contribution in [2.45, 2.75) is 12.8 Å². The molecule has 6 heteroatoms. The quantitative estimate of drug-likeness (QED) is 0.576. The van der Waals surface area contributed by atoms with Gasteiger partial charge in [-0.1, -0.05) is 18.2 Å². The molecule has 2 aromatic carbocycles. The number of ether oxygens (including phenoxy) is 1.